The van der Waals surface area contributed by atoms with Crippen molar-refractivity contribution in [3.8, 4) is 5.75 Å². The third-order valence-corrected chi connectivity index (χ3v) is 4.45. The van der Waals surface area contributed by atoms with Gasteiger partial charge in [-0.25, -0.2) is 4.98 Å². The van der Waals surface area contributed by atoms with Crippen molar-refractivity contribution in [3.63, 3.8) is 0 Å². The Morgan fingerprint density at radius 2 is 2.05 bits per heavy atom. The molecule has 2 aromatic rings. The number of thiazole rings is 1. The van der Waals surface area contributed by atoms with Crippen LogP contribution < -0.4 is 10.1 Å². The number of aryl methyl sites for hydroxylation is 1. The van der Waals surface area contributed by atoms with E-state index in [0.29, 0.717) is 12.5 Å². The van der Waals surface area contributed by atoms with Crippen LogP contribution >= 0.6 is 11.3 Å². The first kappa shape index (κ1) is 16.0. The Labute approximate surface area is 131 Å². The average molecular weight is 304 g/mol. The van der Waals surface area contributed by atoms with Crippen LogP contribution in [-0.2, 0) is 13.0 Å². The summed E-state index contributed by atoms with van der Waals surface area (Å²) in [6.07, 6.45) is 0.864. The van der Waals surface area contributed by atoms with Gasteiger partial charge in [-0.15, -0.1) is 11.3 Å². The molecule has 1 aromatic carbocycles. The van der Waals surface area contributed by atoms with Crippen molar-refractivity contribution in [2.75, 3.05) is 13.7 Å². The van der Waals surface area contributed by atoms with Gasteiger partial charge in [-0.2, -0.15) is 0 Å². The van der Waals surface area contributed by atoms with Crippen molar-refractivity contribution < 1.29 is 4.74 Å². The molecule has 0 fully saturated rings. The molecule has 0 saturated carbocycles. The molecule has 21 heavy (non-hydrogen) atoms. The molecular formula is C17H24N2OS. The number of hydrogen-bond acceptors (Lipinski definition) is 4. The normalized spacial score (nSPS) is 11.1. The highest BCUT2D eigenvalue weighted by Gasteiger charge is 2.13. The Balaban J connectivity index is 1.97. The molecule has 2 rings (SSSR count). The van der Waals surface area contributed by atoms with Crippen molar-refractivity contribution in [2.24, 2.45) is 0 Å². The summed E-state index contributed by atoms with van der Waals surface area (Å²) in [5.74, 6) is 1.43. The summed E-state index contributed by atoms with van der Waals surface area (Å²) in [4.78, 5) is 6.13. The van der Waals surface area contributed by atoms with Gasteiger partial charge in [-0.05, 0) is 31.5 Å². The van der Waals surface area contributed by atoms with Crippen molar-refractivity contribution in [1.29, 1.82) is 0 Å². The molecule has 0 radical (unpaired) electrons. The predicted molar refractivity (Wildman–Crippen MR) is 89.3 cm³/mol. The second-order valence-electron chi connectivity index (χ2n) is 5.47. The van der Waals surface area contributed by atoms with Crippen LogP contribution in [0.15, 0.2) is 24.3 Å². The predicted octanol–water partition coefficient (Wildman–Crippen LogP) is 3.92. The maximum absolute atomic E-state index is 5.86. The second kappa shape index (κ2) is 7.57. The molecule has 114 valence electrons. The minimum Gasteiger partial charge on any atom is -0.493 e. The third-order valence-electron chi connectivity index (χ3n) is 3.32. The Kier molecular flexibility index (Phi) is 5.76. The van der Waals surface area contributed by atoms with Crippen LogP contribution in [0.4, 0.5) is 0 Å². The fourth-order valence-electron chi connectivity index (χ4n) is 2.23. The first-order chi connectivity index (χ1) is 10.1. The fraction of sp³-hybridized carbons (Fsp3) is 0.471. The van der Waals surface area contributed by atoms with Gasteiger partial charge in [0.2, 0.25) is 0 Å². The lowest BCUT2D eigenvalue weighted by Crippen LogP contribution is -2.06. The smallest absolute Gasteiger partial charge is 0.122 e. The van der Waals surface area contributed by atoms with Crippen LogP contribution in [-0.4, -0.2) is 18.6 Å². The average Bonchev–Trinajstić information content (AvgIpc) is 2.85. The summed E-state index contributed by atoms with van der Waals surface area (Å²) in [7, 11) is 1.98. The zero-order valence-electron chi connectivity index (χ0n) is 13.3. The standard InChI is InChI=1S/C17H24N2OS/c1-12(2)17-15(11-18-4)21-16(19-17)9-10-20-14-8-6-5-7-13(14)3/h5-8,12,18H,9-11H2,1-4H3. The van der Waals surface area contributed by atoms with Crippen molar-refractivity contribution in [1.82, 2.24) is 10.3 Å². The largest absolute Gasteiger partial charge is 0.493 e. The SMILES string of the molecule is CNCc1sc(CCOc2ccccc2C)nc1C(C)C. The van der Waals surface area contributed by atoms with Crippen LogP contribution in [0.2, 0.25) is 0 Å². The van der Waals surface area contributed by atoms with E-state index in [1.54, 1.807) is 11.3 Å². The van der Waals surface area contributed by atoms with E-state index in [0.717, 1.165) is 23.7 Å². The fourth-order valence-corrected chi connectivity index (χ4v) is 3.44. The van der Waals surface area contributed by atoms with Gasteiger partial charge in [-0.3, -0.25) is 0 Å². The molecule has 0 unspecified atom stereocenters. The van der Waals surface area contributed by atoms with E-state index in [9.17, 15) is 0 Å². The van der Waals surface area contributed by atoms with Gasteiger partial charge in [0, 0.05) is 17.8 Å². The quantitative estimate of drug-likeness (QED) is 0.842. The van der Waals surface area contributed by atoms with E-state index in [4.69, 9.17) is 9.72 Å². The molecule has 0 bridgehead atoms. The molecular weight excluding hydrogens is 280 g/mol. The molecule has 3 nitrogen and oxygen atoms in total. The molecule has 0 spiro atoms. The molecule has 0 saturated heterocycles. The molecule has 0 atom stereocenters. The van der Waals surface area contributed by atoms with Crippen molar-refractivity contribution in [2.45, 2.75) is 39.7 Å². The molecule has 0 aliphatic carbocycles. The minimum atomic E-state index is 0.468. The van der Waals surface area contributed by atoms with Gasteiger partial charge in [0.1, 0.15) is 5.75 Å². The summed E-state index contributed by atoms with van der Waals surface area (Å²) < 4.78 is 5.86. The topological polar surface area (TPSA) is 34.1 Å². The summed E-state index contributed by atoms with van der Waals surface area (Å²) >= 11 is 1.80. The molecule has 1 aromatic heterocycles. The number of aromatic nitrogens is 1. The number of para-hydroxylation sites is 1. The molecule has 4 heteroatoms. The summed E-state index contributed by atoms with van der Waals surface area (Å²) in [6, 6.07) is 8.12. The zero-order chi connectivity index (χ0) is 15.2. The Bertz CT molecular complexity index is 578. The highest BCUT2D eigenvalue weighted by molar-refractivity contribution is 7.11. The number of nitrogens with zero attached hydrogens (tertiary/aromatic N) is 1. The van der Waals surface area contributed by atoms with Gasteiger partial charge in [0.05, 0.1) is 17.3 Å². The summed E-state index contributed by atoms with van der Waals surface area (Å²) in [5, 5.41) is 4.39. The van der Waals surface area contributed by atoms with Crippen molar-refractivity contribution >= 4 is 11.3 Å². The van der Waals surface area contributed by atoms with Gasteiger partial charge in [0.25, 0.3) is 0 Å². The lowest BCUT2D eigenvalue weighted by atomic mass is 10.1. The van der Waals surface area contributed by atoms with Gasteiger partial charge < -0.3 is 10.1 Å². The van der Waals surface area contributed by atoms with Crippen molar-refractivity contribution in [3.05, 3.63) is 45.4 Å². The molecule has 0 aliphatic rings. The van der Waals surface area contributed by atoms with Crippen LogP contribution in [0, 0.1) is 6.92 Å². The van der Waals surface area contributed by atoms with Gasteiger partial charge in [0.15, 0.2) is 0 Å². The summed E-state index contributed by atoms with van der Waals surface area (Å²) in [5.41, 5.74) is 2.40. The van der Waals surface area contributed by atoms with E-state index in [1.165, 1.54) is 16.1 Å². The first-order valence-electron chi connectivity index (χ1n) is 7.43. The molecule has 0 aliphatic heterocycles. The minimum absolute atomic E-state index is 0.468. The molecule has 1 N–H and O–H groups in total. The zero-order valence-corrected chi connectivity index (χ0v) is 14.1. The van der Waals surface area contributed by atoms with E-state index in [-0.39, 0.29) is 0 Å². The number of rotatable bonds is 7. The van der Waals surface area contributed by atoms with Crippen LogP contribution in [0.3, 0.4) is 0 Å². The lowest BCUT2D eigenvalue weighted by Gasteiger charge is -2.07. The van der Waals surface area contributed by atoms with Crippen LogP contribution in [0.5, 0.6) is 5.75 Å². The maximum atomic E-state index is 5.86. The Morgan fingerprint density at radius 3 is 2.71 bits per heavy atom. The molecule has 1 heterocycles. The van der Waals surface area contributed by atoms with Crippen LogP contribution in [0.25, 0.3) is 0 Å². The number of ether oxygens (including phenoxy) is 1. The highest BCUT2D eigenvalue weighted by atomic mass is 32.1. The maximum Gasteiger partial charge on any atom is 0.122 e. The third kappa shape index (κ3) is 4.29. The van der Waals surface area contributed by atoms with Crippen LogP contribution in [0.1, 0.15) is 40.9 Å². The van der Waals surface area contributed by atoms with Gasteiger partial charge >= 0.3 is 0 Å². The first-order valence-corrected chi connectivity index (χ1v) is 8.25. The number of benzene rings is 1. The van der Waals surface area contributed by atoms with E-state index >= 15 is 0 Å². The van der Waals surface area contributed by atoms with E-state index in [1.807, 2.05) is 25.2 Å². The number of hydrogen-bond donors (Lipinski definition) is 1. The lowest BCUT2D eigenvalue weighted by molar-refractivity contribution is 0.319. The van der Waals surface area contributed by atoms with E-state index < -0.39 is 0 Å². The Hall–Kier alpha value is -1.39. The molecule has 0 amide bonds. The number of nitrogens with one attached hydrogen (secondary N) is 1. The van der Waals surface area contributed by atoms with Gasteiger partial charge in [-0.1, -0.05) is 32.0 Å². The highest BCUT2D eigenvalue weighted by Crippen LogP contribution is 2.25. The van der Waals surface area contributed by atoms with E-state index in [2.05, 4.69) is 32.2 Å². The summed E-state index contributed by atoms with van der Waals surface area (Å²) in [6.45, 7) is 8.03. The second-order valence-corrected chi connectivity index (χ2v) is 6.63. The monoisotopic (exact) mass is 304 g/mol. The Morgan fingerprint density at radius 1 is 1.29 bits per heavy atom.